The number of aromatic nitrogens is 1. The van der Waals surface area contributed by atoms with Crippen LogP contribution in [0.2, 0.25) is 0 Å². The second-order valence-electron chi connectivity index (χ2n) is 3.87. The number of aryl methyl sites for hydroxylation is 2. The highest BCUT2D eigenvalue weighted by Crippen LogP contribution is 2.28. The summed E-state index contributed by atoms with van der Waals surface area (Å²) in [6.45, 7) is 4.02. The van der Waals surface area contributed by atoms with Gasteiger partial charge in [-0.25, -0.2) is 4.98 Å². The third-order valence-corrected chi connectivity index (χ3v) is 3.57. The number of nitrogens with two attached hydrogens (primary N) is 1. The second-order valence-corrected chi connectivity index (χ2v) is 4.71. The largest absolute Gasteiger partial charge is 0.399 e. The monoisotopic (exact) mass is 233 g/mol. The van der Waals surface area contributed by atoms with Crippen molar-refractivity contribution in [2.45, 2.75) is 13.8 Å². The van der Waals surface area contributed by atoms with Gasteiger partial charge in [0.2, 0.25) is 0 Å². The Morgan fingerprint density at radius 2 is 2.06 bits per heavy atom. The summed E-state index contributed by atoms with van der Waals surface area (Å²) in [6.07, 6.45) is 0. The fourth-order valence-corrected chi connectivity index (χ4v) is 2.26. The highest BCUT2D eigenvalue weighted by molar-refractivity contribution is 7.13. The van der Waals surface area contributed by atoms with Crippen molar-refractivity contribution >= 4 is 27.8 Å². The molecule has 0 saturated heterocycles. The summed E-state index contributed by atoms with van der Waals surface area (Å²) in [7, 11) is 2.02. The Bertz CT molecular complexity index is 505. The molecule has 0 aliphatic carbocycles. The zero-order valence-corrected chi connectivity index (χ0v) is 10.5. The molecular weight excluding hydrogens is 218 g/mol. The topological polar surface area (TPSA) is 42.1 Å². The molecule has 0 unspecified atom stereocenters. The van der Waals surface area contributed by atoms with Crippen molar-refractivity contribution in [3.63, 3.8) is 0 Å². The van der Waals surface area contributed by atoms with E-state index in [1.165, 1.54) is 0 Å². The predicted molar refractivity (Wildman–Crippen MR) is 70.5 cm³/mol. The smallest absolute Gasteiger partial charge is 0.189 e. The average molecular weight is 233 g/mol. The summed E-state index contributed by atoms with van der Waals surface area (Å²) in [6, 6.07) is 6.02. The molecule has 1 heterocycles. The minimum absolute atomic E-state index is 0.826. The third kappa shape index (κ3) is 2.02. The molecule has 2 rings (SSSR count). The SMILES string of the molecule is Cc1csc(N(C)c2ccc(N)c(C)c2)n1. The Kier molecular flexibility index (Phi) is 2.83. The van der Waals surface area contributed by atoms with E-state index in [2.05, 4.69) is 21.3 Å². The van der Waals surface area contributed by atoms with E-state index in [1.807, 2.05) is 33.0 Å². The molecule has 0 fully saturated rings. The minimum atomic E-state index is 0.826. The van der Waals surface area contributed by atoms with Gasteiger partial charge in [0, 0.05) is 23.8 Å². The van der Waals surface area contributed by atoms with Crippen molar-refractivity contribution in [2.24, 2.45) is 0 Å². The van der Waals surface area contributed by atoms with Crippen molar-refractivity contribution in [3.05, 3.63) is 34.8 Å². The molecule has 4 heteroatoms. The quantitative estimate of drug-likeness (QED) is 0.810. The van der Waals surface area contributed by atoms with Crippen LogP contribution >= 0.6 is 11.3 Å². The summed E-state index contributed by atoms with van der Waals surface area (Å²) in [5.41, 5.74) is 9.89. The van der Waals surface area contributed by atoms with Crippen LogP contribution in [0.15, 0.2) is 23.6 Å². The summed E-state index contributed by atoms with van der Waals surface area (Å²) in [5, 5.41) is 3.05. The number of anilines is 3. The first-order chi connectivity index (χ1) is 7.58. The molecule has 84 valence electrons. The van der Waals surface area contributed by atoms with E-state index in [0.29, 0.717) is 0 Å². The maximum Gasteiger partial charge on any atom is 0.189 e. The number of nitrogens with zero attached hydrogens (tertiary/aromatic N) is 2. The maximum absolute atomic E-state index is 5.80. The van der Waals surface area contributed by atoms with Gasteiger partial charge >= 0.3 is 0 Å². The number of rotatable bonds is 2. The molecule has 3 nitrogen and oxygen atoms in total. The summed E-state index contributed by atoms with van der Waals surface area (Å²) < 4.78 is 0. The van der Waals surface area contributed by atoms with E-state index in [4.69, 9.17) is 5.73 Å². The molecule has 16 heavy (non-hydrogen) atoms. The zero-order chi connectivity index (χ0) is 11.7. The molecule has 1 aromatic carbocycles. The lowest BCUT2D eigenvalue weighted by molar-refractivity contribution is 1.14. The highest BCUT2D eigenvalue weighted by atomic mass is 32.1. The number of nitrogen functional groups attached to an aromatic ring is 1. The first-order valence-electron chi connectivity index (χ1n) is 5.10. The van der Waals surface area contributed by atoms with Gasteiger partial charge in [-0.3, -0.25) is 0 Å². The number of thiazole rings is 1. The zero-order valence-electron chi connectivity index (χ0n) is 9.69. The number of hydrogen-bond acceptors (Lipinski definition) is 4. The lowest BCUT2D eigenvalue weighted by atomic mass is 10.2. The summed E-state index contributed by atoms with van der Waals surface area (Å²) >= 11 is 1.65. The molecule has 0 radical (unpaired) electrons. The van der Waals surface area contributed by atoms with Gasteiger partial charge in [-0.2, -0.15) is 0 Å². The van der Waals surface area contributed by atoms with Gasteiger partial charge in [-0.1, -0.05) is 0 Å². The molecular formula is C12H15N3S. The standard InChI is InChI=1S/C12H15N3S/c1-8-6-10(4-5-11(8)13)15(3)12-14-9(2)7-16-12/h4-7H,13H2,1-3H3. The van der Waals surface area contributed by atoms with E-state index in [9.17, 15) is 0 Å². The van der Waals surface area contributed by atoms with Gasteiger partial charge in [-0.15, -0.1) is 11.3 Å². The Morgan fingerprint density at radius 1 is 1.31 bits per heavy atom. The molecule has 0 bridgehead atoms. The highest BCUT2D eigenvalue weighted by Gasteiger charge is 2.08. The van der Waals surface area contributed by atoms with E-state index in [1.54, 1.807) is 11.3 Å². The Hall–Kier alpha value is -1.55. The lowest BCUT2D eigenvalue weighted by Gasteiger charge is -2.16. The Morgan fingerprint density at radius 3 is 2.62 bits per heavy atom. The molecule has 2 aromatic rings. The van der Waals surface area contributed by atoms with Crippen LogP contribution in [-0.2, 0) is 0 Å². The molecule has 0 atom stereocenters. The third-order valence-electron chi connectivity index (χ3n) is 2.53. The Balaban J connectivity index is 2.33. The van der Waals surface area contributed by atoms with Gasteiger partial charge < -0.3 is 10.6 Å². The normalized spacial score (nSPS) is 10.4. The average Bonchev–Trinajstić information content (AvgIpc) is 2.68. The number of benzene rings is 1. The minimum Gasteiger partial charge on any atom is -0.399 e. The van der Waals surface area contributed by atoms with Crippen molar-refractivity contribution in [1.82, 2.24) is 4.98 Å². The Labute approximate surface area is 99.5 Å². The van der Waals surface area contributed by atoms with Crippen LogP contribution in [0.4, 0.5) is 16.5 Å². The van der Waals surface area contributed by atoms with E-state index in [-0.39, 0.29) is 0 Å². The van der Waals surface area contributed by atoms with E-state index in [0.717, 1.165) is 27.8 Å². The second kappa shape index (κ2) is 4.14. The molecule has 1 aromatic heterocycles. The van der Waals surface area contributed by atoms with Crippen LogP contribution in [0.25, 0.3) is 0 Å². The van der Waals surface area contributed by atoms with E-state index >= 15 is 0 Å². The van der Waals surface area contributed by atoms with Gasteiger partial charge in [0.25, 0.3) is 0 Å². The predicted octanol–water partition coefficient (Wildman–Crippen LogP) is 3.11. The van der Waals surface area contributed by atoms with Crippen molar-refractivity contribution < 1.29 is 0 Å². The first-order valence-corrected chi connectivity index (χ1v) is 5.98. The van der Waals surface area contributed by atoms with Crippen LogP contribution < -0.4 is 10.6 Å². The molecule has 0 aliphatic heterocycles. The van der Waals surface area contributed by atoms with Gasteiger partial charge in [0.1, 0.15) is 0 Å². The summed E-state index contributed by atoms with van der Waals surface area (Å²) in [5.74, 6) is 0. The van der Waals surface area contributed by atoms with Crippen molar-refractivity contribution in [1.29, 1.82) is 0 Å². The first kappa shape index (κ1) is 11.0. The molecule has 0 spiro atoms. The van der Waals surface area contributed by atoms with Crippen LogP contribution in [0.3, 0.4) is 0 Å². The molecule has 0 saturated carbocycles. The fourth-order valence-electron chi connectivity index (χ4n) is 1.47. The van der Waals surface area contributed by atoms with Gasteiger partial charge in [-0.05, 0) is 37.6 Å². The lowest BCUT2D eigenvalue weighted by Crippen LogP contribution is -2.09. The van der Waals surface area contributed by atoms with Crippen LogP contribution in [0, 0.1) is 13.8 Å². The molecule has 0 aliphatic rings. The van der Waals surface area contributed by atoms with Crippen LogP contribution in [0.1, 0.15) is 11.3 Å². The summed E-state index contributed by atoms with van der Waals surface area (Å²) in [4.78, 5) is 6.53. The number of hydrogen-bond donors (Lipinski definition) is 1. The molecule has 0 amide bonds. The van der Waals surface area contributed by atoms with Crippen molar-refractivity contribution in [2.75, 3.05) is 17.7 Å². The fraction of sp³-hybridized carbons (Fsp3) is 0.250. The van der Waals surface area contributed by atoms with Crippen LogP contribution in [-0.4, -0.2) is 12.0 Å². The van der Waals surface area contributed by atoms with E-state index < -0.39 is 0 Å². The van der Waals surface area contributed by atoms with Gasteiger partial charge in [0.05, 0.1) is 5.69 Å². The molecule has 2 N–H and O–H groups in total. The van der Waals surface area contributed by atoms with Crippen LogP contribution in [0.5, 0.6) is 0 Å². The van der Waals surface area contributed by atoms with Crippen molar-refractivity contribution in [3.8, 4) is 0 Å². The maximum atomic E-state index is 5.80. The van der Waals surface area contributed by atoms with Gasteiger partial charge in [0.15, 0.2) is 5.13 Å².